The molecular formula is C22H21NO4. The summed E-state index contributed by atoms with van der Waals surface area (Å²) in [4.78, 5) is 27.4. The number of hydrogen-bond donors (Lipinski definition) is 1. The van der Waals surface area contributed by atoms with Gasteiger partial charge in [0.15, 0.2) is 6.29 Å². The molecule has 0 radical (unpaired) electrons. The zero-order valence-electron chi connectivity index (χ0n) is 15.3. The number of nitrogens with one attached hydrogen (secondary N) is 1. The first-order chi connectivity index (χ1) is 13.2. The van der Waals surface area contributed by atoms with E-state index in [9.17, 15) is 9.59 Å². The summed E-state index contributed by atoms with van der Waals surface area (Å²) < 4.78 is 10.7. The smallest absolute Gasteiger partial charge is 0.341 e. The van der Waals surface area contributed by atoms with Gasteiger partial charge in [0.05, 0.1) is 24.1 Å². The Bertz CT molecular complexity index is 944. The highest BCUT2D eigenvalue weighted by Crippen LogP contribution is 2.31. The lowest BCUT2D eigenvalue weighted by atomic mass is 10.0. The molecule has 5 heteroatoms. The molecule has 0 bridgehead atoms. The van der Waals surface area contributed by atoms with E-state index in [1.807, 2.05) is 61.5 Å². The van der Waals surface area contributed by atoms with Crippen molar-refractivity contribution in [2.45, 2.75) is 20.0 Å². The van der Waals surface area contributed by atoms with E-state index in [1.54, 1.807) is 7.11 Å². The van der Waals surface area contributed by atoms with Gasteiger partial charge in [-0.25, -0.2) is 4.79 Å². The van der Waals surface area contributed by atoms with Crippen LogP contribution in [0.25, 0.3) is 11.3 Å². The fourth-order valence-corrected chi connectivity index (χ4v) is 3.06. The van der Waals surface area contributed by atoms with Crippen LogP contribution in [-0.4, -0.2) is 24.3 Å². The molecule has 27 heavy (non-hydrogen) atoms. The standard InChI is InChI=1S/C22H21NO4/c1-3-18-20(22(25)27-14-15-8-5-4-6-9-15)19(13-24)23-21(18)16-10-7-11-17(12-16)26-2/h4-13,23H,3,14H2,1-2H3. The monoisotopic (exact) mass is 363 g/mol. The second-order valence-corrected chi connectivity index (χ2v) is 6.03. The van der Waals surface area contributed by atoms with Crippen molar-refractivity contribution in [1.82, 2.24) is 4.98 Å². The Morgan fingerprint density at radius 3 is 2.56 bits per heavy atom. The number of H-pyrrole nitrogens is 1. The molecule has 1 N–H and O–H groups in total. The van der Waals surface area contributed by atoms with E-state index >= 15 is 0 Å². The number of rotatable bonds is 7. The van der Waals surface area contributed by atoms with Crippen LogP contribution in [0.2, 0.25) is 0 Å². The van der Waals surface area contributed by atoms with Gasteiger partial charge < -0.3 is 14.5 Å². The van der Waals surface area contributed by atoms with Gasteiger partial charge in [0.2, 0.25) is 0 Å². The number of methoxy groups -OCH3 is 1. The third-order valence-electron chi connectivity index (χ3n) is 4.38. The molecule has 0 spiro atoms. The SMILES string of the molecule is CCc1c(-c2cccc(OC)c2)[nH]c(C=O)c1C(=O)OCc1ccccc1. The van der Waals surface area contributed by atoms with Crippen LogP contribution < -0.4 is 4.74 Å². The van der Waals surface area contributed by atoms with Gasteiger partial charge in [-0.15, -0.1) is 0 Å². The highest BCUT2D eigenvalue weighted by atomic mass is 16.5. The van der Waals surface area contributed by atoms with Crippen LogP contribution in [-0.2, 0) is 17.8 Å². The third-order valence-corrected chi connectivity index (χ3v) is 4.38. The molecule has 0 aliphatic heterocycles. The summed E-state index contributed by atoms with van der Waals surface area (Å²) >= 11 is 0. The molecular weight excluding hydrogens is 342 g/mol. The molecule has 5 nitrogen and oxygen atoms in total. The van der Waals surface area contributed by atoms with Crippen LogP contribution in [0, 0.1) is 0 Å². The van der Waals surface area contributed by atoms with Crippen LogP contribution in [0.5, 0.6) is 5.75 Å². The first-order valence-electron chi connectivity index (χ1n) is 8.73. The molecule has 1 aromatic heterocycles. The summed E-state index contributed by atoms with van der Waals surface area (Å²) in [6.45, 7) is 2.09. The van der Waals surface area contributed by atoms with Gasteiger partial charge in [-0.05, 0) is 29.7 Å². The van der Waals surface area contributed by atoms with Crippen molar-refractivity contribution < 1.29 is 19.1 Å². The number of benzene rings is 2. The summed E-state index contributed by atoms with van der Waals surface area (Å²) in [6.07, 6.45) is 1.23. The molecule has 1 heterocycles. The number of carbonyl (C=O) groups is 2. The first kappa shape index (κ1) is 18.5. The van der Waals surface area contributed by atoms with Gasteiger partial charge in [0.25, 0.3) is 0 Å². The highest BCUT2D eigenvalue weighted by molar-refractivity contribution is 6.01. The van der Waals surface area contributed by atoms with Crippen molar-refractivity contribution >= 4 is 12.3 Å². The van der Waals surface area contributed by atoms with Crippen LogP contribution in [0.4, 0.5) is 0 Å². The van der Waals surface area contributed by atoms with E-state index in [1.165, 1.54) is 0 Å². The lowest BCUT2D eigenvalue weighted by Gasteiger charge is -2.08. The summed E-state index contributed by atoms with van der Waals surface area (Å²) in [5, 5.41) is 0. The predicted octanol–water partition coefficient (Wildman–Crippen LogP) is 4.42. The van der Waals surface area contributed by atoms with Crippen molar-refractivity contribution in [2.75, 3.05) is 7.11 Å². The second kappa shape index (κ2) is 8.36. The summed E-state index contributed by atoms with van der Waals surface area (Å²) in [7, 11) is 1.60. The van der Waals surface area contributed by atoms with Crippen molar-refractivity contribution in [3.05, 3.63) is 77.0 Å². The summed E-state index contributed by atoms with van der Waals surface area (Å²) in [5.74, 6) is 0.188. The lowest BCUT2D eigenvalue weighted by molar-refractivity contribution is 0.0470. The third kappa shape index (κ3) is 3.92. The molecule has 0 unspecified atom stereocenters. The number of aromatic amines is 1. The summed E-state index contributed by atoms with van der Waals surface area (Å²) in [5.41, 5.74) is 3.73. The molecule has 0 aliphatic rings. The van der Waals surface area contributed by atoms with Gasteiger partial charge in [-0.2, -0.15) is 0 Å². The first-order valence-corrected chi connectivity index (χ1v) is 8.73. The minimum atomic E-state index is -0.511. The normalized spacial score (nSPS) is 10.4. The van der Waals surface area contributed by atoms with E-state index < -0.39 is 5.97 Å². The fourth-order valence-electron chi connectivity index (χ4n) is 3.06. The topological polar surface area (TPSA) is 68.4 Å². The number of esters is 1. The van der Waals surface area contributed by atoms with Gasteiger partial charge in [-0.3, -0.25) is 4.79 Å². The number of aromatic nitrogens is 1. The molecule has 0 atom stereocenters. The minimum absolute atomic E-state index is 0.154. The number of hydrogen-bond acceptors (Lipinski definition) is 4. The van der Waals surface area contributed by atoms with Gasteiger partial charge in [0.1, 0.15) is 12.4 Å². The average molecular weight is 363 g/mol. The number of carbonyl (C=O) groups excluding carboxylic acids is 2. The van der Waals surface area contributed by atoms with Crippen LogP contribution in [0.15, 0.2) is 54.6 Å². The molecule has 0 aliphatic carbocycles. The summed E-state index contributed by atoms with van der Waals surface area (Å²) in [6, 6.07) is 16.9. The van der Waals surface area contributed by atoms with Crippen LogP contribution >= 0.6 is 0 Å². The Hall–Kier alpha value is -3.34. The molecule has 138 valence electrons. The molecule has 0 amide bonds. The highest BCUT2D eigenvalue weighted by Gasteiger charge is 2.24. The average Bonchev–Trinajstić information content (AvgIpc) is 3.11. The quantitative estimate of drug-likeness (QED) is 0.498. The van der Waals surface area contributed by atoms with Crippen molar-refractivity contribution in [3.63, 3.8) is 0 Å². The van der Waals surface area contributed by atoms with Crippen molar-refractivity contribution in [2.24, 2.45) is 0 Å². The Morgan fingerprint density at radius 2 is 1.89 bits per heavy atom. The molecule has 0 saturated carbocycles. The zero-order valence-corrected chi connectivity index (χ0v) is 15.3. The molecule has 3 aromatic rings. The zero-order chi connectivity index (χ0) is 19.2. The van der Waals surface area contributed by atoms with Crippen LogP contribution in [0.1, 0.15) is 38.9 Å². The number of ether oxygens (including phenoxy) is 2. The van der Waals surface area contributed by atoms with Crippen molar-refractivity contribution in [3.8, 4) is 17.0 Å². The van der Waals surface area contributed by atoms with E-state index in [2.05, 4.69) is 4.98 Å². The predicted molar refractivity (Wildman–Crippen MR) is 103 cm³/mol. The second-order valence-electron chi connectivity index (χ2n) is 6.03. The molecule has 3 rings (SSSR count). The lowest BCUT2D eigenvalue weighted by Crippen LogP contribution is -2.09. The Labute approximate surface area is 157 Å². The van der Waals surface area contributed by atoms with Crippen LogP contribution in [0.3, 0.4) is 0 Å². The Balaban J connectivity index is 1.95. The number of aldehydes is 1. The van der Waals surface area contributed by atoms with E-state index in [-0.39, 0.29) is 12.3 Å². The van der Waals surface area contributed by atoms with Crippen molar-refractivity contribution in [1.29, 1.82) is 0 Å². The maximum absolute atomic E-state index is 12.7. The molecule has 2 aromatic carbocycles. The van der Waals surface area contributed by atoms with Gasteiger partial charge in [-0.1, -0.05) is 49.4 Å². The van der Waals surface area contributed by atoms with Gasteiger partial charge in [0, 0.05) is 5.56 Å². The Kier molecular flexibility index (Phi) is 5.71. The molecule has 0 saturated heterocycles. The Morgan fingerprint density at radius 1 is 1.11 bits per heavy atom. The van der Waals surface area contributed by atoms with E-state index in [4.69, 9.17) is 9.47 Å². The molecule has 0 fully saturated rings. The maximum Gasteiger partial charge on any atom is 0.341 e. The fraction of sp³-hybridized carbons (Fsp3) is 0.182. The maximum atomic E-state index is 12.7. The van der Waals surface area contributed by atoms with E-state index in [0.717, 1.165) is 22.4 Å². The van der Waals surface area contributed by atoms with Gasteiger partial charge >= 0.3 is 5.97 Å². The minimum Gasteiger partial charge on any atom is -0.497 e. The largest absolute Gasteiger partial charge is 0.497 e. The van der Waals surface area contributed by atoms with E-state index in [0.29, 0.717) is 24.0 Å².